The van der Waals surface area contributed by atoms with Crippen LogP contribution in [0, 0.1) is 5.92 Å². The Bertz CT molecular complexity index is 739. The SMILES string of the molecule is Nc1ccc(S(=O)(=O)NCC2CCC2)c2ncccc12. The molecule has 0 spiro atoms. The summed E-state index contributed by atoms with van der Waals surface area (Å²) >= 11 is 0. The van der Waals surface area contributed by atoms with Crippen molar-refractivity contribution in [3.8, 4) is 0 Å². The molecule has 1 aromatic heterocycles. The van der Waals surface area contributed by atoms with E-state index in [1.54, 1.807) is 24.4 Å². The molecular formula is C14H17N3O2S. The minimum Gasteiger partial charge on any atom is -0.398 e. The van der Waals surface area contributed by atoms with Crippen LogP contribution < -0.4 is 10.5 Å². The van der Waals surface area contributed by atoms with Gasteiger partial charge in [0.1, 0.15) is 4.90 Å². The fraction of sp³-hybridized carbons (Fsp3) is 0.357. The minimum atomic E-state index is -3.54. The van der Waals surface area contributed by atoms with Gasteiger partial charge in [-0.2, -0.15) is 0 Å². The van der Waals surface area contributed by atoms with Crippen molar-refractivity contribution >= 4 is 26.6 Å². The molecule has 1 aliphatic rings. The number of nitrogens with one attached hydrogen (secondary N) is 1. The van der Waals surface area contributed by atoms with Crippen molar-refractivity contribution in [2.24, 2.45) is 5.92 Å². The van der Waals surface area contributed by atoms with Gasteiger partial charge in [0.15, 0.2) is 0 Å². The summed E-state index contributed by atoms with van der Waals surface area (Å²) in [7, 11) is -3.54. The predicted molar refractivity (Wildman–Crippen MR) is 78.7 cm³/mol. The second-order valence-corrected chi connectivity index (χ2v) is 6.94. The van der Waals surface area contributed by atoms with Gasteiger partial charge < -0.3 is 5.73 Å². The highest BCUT2D eigenvalue weighted by atomic mass is 32.2. The van der Waals surface area contributed by atoms with Crippen LogP contribution in [0.15, 0.2) is 35.4 Å². The Morgan fingerprint density at radius 1 is 1.30 bits per heavy atom. The number of hydrogen-bond donors (Lipinski definition) is 2. The lowest BCUT2D eigenvalue weighted by molar-refractivity contribution is 0.316. The standard InChI is InChI=1S/C14H17N3O2S/c15-12-6-7-13(14-11(12)5-2-8-16-14)20(18,19)17-9-10-3-1-4-10/h2,5-8,10,17H,1,3-4,9,15H2. The predicted octanol–water partition coefficient (Wildman–Crippen LogP) is 1.90. The molecule has 1 aromatic carbocycles. The number of pyridine rings is 1. The Labute approximate surface area is 118 Å². The number of nitrogens with zero attached hydrogens (tertiary/aromatic N) is 1. The molecule has 2 aromatic rings. The van der Waals surface area contributed by atoms with E-state index in [-0.39, 0.29) is 4.90 Å². The molecule has 0 atom stereocenters. The van der Waals surface area contributed by atoms with Crippen LogP contribution in [-0.2, 0) is 10.0 Å². The van der Waals surface area contributed by atoms with Crippen LogP contribution in [-0.4, -0.2) is 19.9 Å². The number of anilines is 1. The van der Waals surface area contributed by atoms with Crippen LogP contribution in [0.4, 0.5) is 5.69 Å². The van der Waals surface area contributed by atoms with Crippen molar-refractivity contribution in [3.63, 3.8) is 0 Å². The molecule has 6 heteroatoms. The summed E-state index contributed by atoms with van der Waals surface area (Å²) in [5.41, 5.74) is 6.82. The van der Waals surface area contributed by atoms with E-state index < -0.39 is 10.0 Å². The highest BCUT2D eigenvalue weighted by Crippen LogP contribution is 2.28. The molecule has 0 aliphatic heterocycles. The Morgan fingerprint density at radius 2 is 2.10 bits per heavy atom. The van der Waals surface area contributed by atoms with Gasteiger partial charge in [-0.15, -0.1) is 0 Å². The number of aromatic nitrogens is 1. The van der Waals surface area contributed by atoms with Crippen molar-refractivity contribution in [1.82, 2.24) is 9.71 Å². The molecule has 3 N–H and O–H groups in total. The molecule has 0 saturated heterocycles. The molecule has 0 radical (unpaired) electrons. The Kier molecular flexibility index (Phi) is 3.35. The van der Waals surface area contributed by atoms with Crippen molar-refractivity contribution in [3.05, 3.63) is 30.5 Å². The normalized spacial score (nSPS) is 16.2. The fourth-order valence-corrected chi connectivity index (χ4v) is 3.66. The van der Waals surface area contributed by atoms with Crippen LogP contribution in [0.5, 0.6) is 0 Å². The van der Waals surface area contributed by atoms with Gasteiger partial charge in [0.25, 0.3) is 0 Å². The number of nitrogen functional groups attached to an aromatic ring is 1. The molecule has 3 rings (SSSR count). The first kappa shape index (κ1) is 13.3. The van der Waals surface area contributed by atoms with Gasteiger partial charge in [-0.3, -0.25) is 4.98 Å². The van der Waals surface area contributed by atoms with Crippen LogP contribution in [0.3, 0.4) is 0 Å². The van der Waals surface area contributed by atoms with E-state index in [0.717, 1.165) is 12.8 Å². The molecule has 0 amide bonds. The number of nitrogens with two attached hydrogens (primary N) is 1. The summed E-state index contributed by atoms with van der Waals surface area (Å²) in [6.07, 6.45) is 4.97. The lowest BCUT2D eigenvalue weighted by Crippen LogP contribution is -2.32. The van der Waals surface area contributed by atoms with Gasteiger partial charge in [0.2, 0.25) is 10.0 Å². The van der Waals surface area contributed by atoms with Gasteiger partial charge in [-0.25, -0.2) is 13.1 Å². The van der Waals surface area contributed by atoms with Crippen molar-refractivity contribution < 1.29 is 8.42 Å². The van der Waals surface area contributed by atoms with Crippen LogP contribution >= 0.6 is 0 Å². The van der Waals surface area contributed by atoms with Crippen LogP contribution in [0.1, 0.15) is 19.3 Å². The second kappa shape index (κ2) is 5.03. The zero-order valence-electron chi connectivity index (χ0n) is 11.0. The minimum absolute atomic E-state index is 0.196. The lowest BCUT2D eigenvalue weighted by Gasteiger charge is -2.25. The molecule has 0 unspecified atom stereocenters. The van der Waals surface area contributed by atoms with E-state index in [2.05, 4.69) is 9.71 Å². The maximum absolute atomic E-state index is 12.4. The topological polar surface area (TPSA) is 85.1 Å². The molecule has 1 saturated carbocycles. The molecule has 1 heterocycles. The number of hydrogen-bond acceptors (Lipinski definition) is 4. The molecule has 106 valence electrons. The summed E-state index contributed by atoms with van der Waals surface area (Å²) in [5.74, 6) is 0.470. The van der Waals surface area contributed by atoms with Crippen molar-refractivity contribution in [1.29, 1.82) is 0 Å². The van der Waals surface area contributed by atoms with E-state index in [1.165, 1.54) is 12.5 Å². The summed E-state index contributed by atoms with van der Waals surface area (Å²) in [4.78, 5) is 4.37. The molecule has 0 bridgehead atoms. The zero-order valence-corrected chi connectivity index (χ0v) is 11.9. The summed E-state index contributed by atoms with van der Waals surface area (Å²) < 4.78 is 27.5. The maximum atomic E-state index is 12.4. The van der Waals surface area contributed by atoms with Gasteiger partial charge in [0.05, 0.1) is 5.52 Å². The van der Waals surface area contributed by atoms with Gasteiger partial charge in [-0.05, 0) is 43.0 Å². The van der Waals surface area contributed by atoms with E-state index in [0.29, 0.717) is 29.1 Å². The number of benzene rings is 1. The molecule has 1 fully saturated rings. The van der Waals surface area contributed by atoms with Crippen LogP contribution in [0.25, 0.3) is 10.9 Å². The first-order valence-corrected chi connectivity index (χ1v) is 8.19. The Balaban J connectivity index is 1.98. The first-order chi connectivity index (χ1) is 9.58. The molecule has 20 heavy (non-hydrogen) atoms. The Hall–Kier alpha value is -1.66. The highest BCUT2D eigenvalue weighted by molar-refractivity contribution is 7.89. The van der Waals surface area contributed by atoms with Crippen LogP contribution in [0.2, 0.25) is 0 Å². The molecule has 5 nitrogen and oxygen atoms in total. The van der Waals surface area contributed by atoms with E-state index >= 15 is 0 Å². The third-order valence-corrected chi connectivity index (χ3v) is 5.30. The quantitative estimate of drug-likeness (QED) is 0.842. The third-order valence-electron chi connectivity index (χ3n) is 3.84. The average Bonchev–Trinajstić information content (AvgIpc) is 2.37. The third kappa shape index (κ3) is 2.36. The monoisotopic (exact) mass is 291 g/mol. The molecule has 1 aliphatic carbocycles. The summed E-state index contributed by atoms with van der Waals surface area (Å²) in [6, 6.07) is 6.66. The smallest absolute Gasteiger partial charge is 0.242 e. The van der Waals surface area contributed by atoms with Gasteiger partial charge in [-0.1, -0.05) is 6.42 Å². The number of rotatable bonds is 4. The lowest BCUT2D eigenvalue weighted by atomic mass is 9.86. The largest absolute Gasteiger partial charge is 0.398 e. The molecular weight excluding hydrogens is 274 g/mol. The van der Waals surface area contributed by atoms with Gasteiger partial charge in [0, 0.05) is 23.8 Å². The maximum Gasteiger partial charge on any atom is 0.242 e. The summed E-state index contributed by atoms with van der Waals surface area (Å²) in [5, 5.41) is 0.666. The highest BCUT2D eigenvalue weighted by Gasteiger charge is 2.23. The first-order valence-electron chi connectivity index (χ1n) is 6.71. The van der Waals surface area contributed by atoms with E-state index in [1.807, 2.05) is 0 Å². The average molecular weight is 291 g/mol. The van der Waals surface area contributed by atoms with Crippen molar-refractivity contribution in [2.75, 3.05) is 12.3 Å². The van der Waals surface area contributed by atoms with Crippen molar-refractivity contribution in [2.45, 2.75) is 24.2 Å². The second-order valence-electron chi connectivity index (χ2n) is 5.20. The Morgan fingerprint density at radius 3 is 2.80 bits per heavy atom. The zero-order chi connectivity index (χ0) is 14.2. The summed E-state index contributed by atoms with van der Waals surface area (Å²) in [6.45, 7) is 0.501. The number of fused-ring (bicyclic) bond motifs is 1. The van der Waals surface area contributed by atoms with E-state index in [9.17, 15) is 8.42 Å². The van der Waals surface area contributed by atoms with E-state index in [4.69, 9.17) is 5.73 Å². The van der Waals surface area contributed by atoms with Gasteiger partial charge >= 0.3 is 0 Å². The fourth-order valence-electron chi connectivity index (χ4n) is 2.39. The number of sulfonamides is 1.